The van der Waals surface area contributed by atoms with Crippen LogP contribution in [0.1, 0.15) is 15.9 Å². The van der Waals surface area contributed by atoms with Gasteiger partial charge in [0.05, 0.1) is 18.7 Å². The molecule has 39 heavy (non-hydrogen) atoms. The zero-order valence-electron chi connectivity index (χ0n) is 21.3. The number of anilines is 1. The maximum Gasteiger partial charge on any atom is 0.390 e. The zero-order chi connectivity index (χ0) is 27.7. The molecule has 0 spiro atoms. The molecular weight excluding hydrogens is 515 g/mol. The number of carbonyl (C=O) groups is 2. The Bertz CT molecular complexity index is 1430. The summed E-state index contributed by atoms with van der Waals surface area (Å²) in [5.74, 6) is -0.635. The van der Waals surface area contributed by atoms with Crippen molar-refractivity contribution in [3.8, 4) is 16.9 Å². The van der Waals surface area contributed by atoms with Gasteiger partial charge >= 0.3 is 13.6 Å². The van der Waals surface area contributed by atoms with Gasteiger partial charge < -0.3 is 19.5 Å². The van der Waals surface area contributed by atoms with E-state index in [2.05, 4.69) is 10.6 Å². The van der Waals surface area contributed by atoms with Gasteiger partial charge in [0.15, 0.2) is 0 Å². The second-order valence-electron chi connectivity index (χ2n) is 8.78. The molecule has 1 unspecified atom stereocenters. The number of carbonyl (C=O) groups excluding carboxylic acids is 2. The van der Waals surface area contributed by atoms with Crippen molar-refractivity contribution in [2.45, 2.75) is 12.5 Å². The molecule has 0 aliphatic heterocycles. The van der Waals surface area contributed by atoms with E-state index in [1.807, 2.05) is 54.6 Å². The molecule has 2 atom stereocenters. The minimum atomic E-state index is -4.11. The molecule has 0 bridgehead atoms. The first-order valence-corrected chi connectivity index (χ1v) is 14.0. The molecule has 0 aliphatic rings. The normalized spacial score (nSPS) is 13.1. The number of benzene rings is 4. The van der Waals surface area contributed by atoms with E-state index in [4.69, 9.17) is 9.26 Å². The van der Waals surface area contributed by atoms with E-state index in [1.165, 1.54) is 7.11 Å². The summed E-state index contributed by atoms with van der Waals surface area (Å²) in [5.41, 5.74) is 3.79. The lowest BCUT2D eigenvalue weighted by Crippen LogP contribution is -2.42. The van der Waals surface area contributed by atoms with Gasteiger partial charge in [-0.3, -0.25) is 10.1 Å². The molecule has 0 radical (unpaired) electrons. The number of nitrogens with one attached hydrogen (secondary N) is 2. The van der Waals surface area contributed by atoms with Gasteiger partial charge in [-0.05, 0) is 59.5 Å². The topological polar surface area (TPSA) is 114 Å². The van der Waals surface area contributed by atoms with Crippen LogP contribution in [-0.4, -0.2) is 36.2 Å². The minimum Gasteiger partial charge on any atom is -0.465 e. The molecule has 0 saturated heterocycles. The van der Waals surface area contributed by atoms with E-state index in [9.17, 15) is 19.0 Å². The molecule has 0 aliphatic carbocycles. The summed E-state index contributed by atoms with van der Waals surface area (Å²) in [6, 6.07) is 31.5. The van der Waals surface area contributed by atoms with Crippen molar-refractivity contribution < 1.29 is 28.3 Å². The van der Waals surface area contributed by atoms with Gasteiger partial charge in [-0.2, -0.15) is 0 Å². The van der Waals surface area contributed by atoms with Gasteiger partial charge in [0.25, 0.3) is 0 Å². The maximum atomic E-state index is 13.3. The lowest BCUT2D eigenvalue weighted by Gasteiger charge is -2.21. The maximum absolute atomic E-state index is 13.3. The highest BCUT2D eigenvalue weighted by Gasteiger charge is 2.26. The first-order chi connectivity index (χ1) is 18.8. The molecule has 0 saturated carbocycles. The lowest BCUT2D eigenvalue weighted by atomic mass is 10.0. The lowest BCUT2D eigenvalue weighted by molar-refractivity contribution is -0.118. The Balaban J connectivity index is 1.49. The highest BCUT2D eigenvalue weighted by atomic mass is 31.2. The number of hydrogen-bond donors (Lipinski definition) is 3. The molecule has 9 heteroatoms. The van der Waals surface area contributed by atoms with Crippen LogP contribution in [0.25, 0.3) is 11.1 Å². The molecule has 4 aromatic carbocycles. The number of rotatable bonds is 11. The molecule has 8 nitrogen and oxygen atoms in total. The van der Waals surface area contributed by atoms with E-state index in [-0.39, 0.29) is 12.2 Å². The van der Waals surface area contributed by atoms with Crippen molar-refractivity contribution in [1.82, 2.24) is 5.32 Å². The average Bonchev–Trinajstić information content (AvgIpc) is 2.96. The molecular formula is C30H29N2O6P. The van der Waals surface area contributed by atoms with Gasteiger partial charge in [0, 0.05) is 5.69 Å². The van der Waals surface area contributed by atoms with E-state index < -0.39 is 31.8 Å². The largest absolute Gasteiger partial charge is 0.465 e. The smallest absolute Gasteiger partial charge is 0.390 e. The van der Waals surface area contributed by atoms with Gasteiger partial charge in [0.2, 0.25) is 5.91 Å². The average molecular weight is 545 g/mol. The van der Waals surface area contributed by atoms with Crippen LogP contribution in [0.3, 0.4) is 0 Å². The van der Waals surface area contributed by atoms with Crippen molar-refractivity contribution in [1.29, 1.82) is 0 Å². The Morgan fingerprint density at radius 1 is 0.821 bits per heavy atom. The van der Waals surface area contributed by atoms with Crippen LogP contribution in [0.4, 0.5) is 5.69 Å². The van der Waals surface area contributed by atoms with Crippen LogP contribution in [0.15, 0.2) is 109 Å². The zero-order valence-corrected chi connectivity index (χ0v) is 22.2. The second kappa shape index (κ2) is 13.0. The van der Waals surface area contributed by atoms with Crippen LogP contribution in [0.2, 0.25) is 0 Å². The fraction of sp³-hybridized carbons (Fsp3) is 0.133. The van der Waals surface area contributed by atoms with Gasteiger partial charge in [-0.15, -0.1) is 0 Å². The Hall–Kier alpha value is -4.23. The van der Waals surface area contributed by atoms with Crippen LogP contribution < -0.4 is 15.2 Å². The second-order valence-corrected chi connectivity index (χ2v) is 10.6. The van der Waals surface area contributed by atoms with Gasteiger partial charge in [0.1, 0.15) is 12.0 Å². The quantitative estimate of drug-likeness (QED) is 0.169. The monoisotopic (exact) mass is 544 g/mol. The molecule has 200 valence electrons. The molecule has 0 heterocycles. The standard InChI is InChI=1S/C30H29N2O6P/c1-37-30(34)25-16-18-26(19-17-25)32-29(33)28(31-21-39(35,36)38-27-10-6-3-7-11-27)20-22-12-14-24(15-13-22)23-8-4-2-5-9-23/h2-19,28,31H,20-21H2,1H3,(H,32,33)(H,35,36)/t28-/m0/s1. The first-order valence-electron chi connectivity index (χ1n) is 12.3. The third-order valence-corrected chi connectivity index (χ3v) is 7.00. The summed E-state index contributed by atoms with van der Waals surface area (Å²) in [5, 5.41) is 5.71. The third kappa shape index (κ3) is 8.12. The molecule has 4 aromatic rings. The van der Waals surface area contributed by atoms with E-state index in [0.29, 0.717) is 11.3 Å². The van der Waals surface area contributed by atoms with Crippen LogP contribution >= 0.6 is 7.60 Å². The number of ether oxygens (including phenoxy) is 1. The van der Waals surface area contributed by atoms with Crippen molar-refractivity contribution in [2.24, 2.45) is 0 Å². The molecule has 4 rings (SSSR count). The first kappa shape index (κ1) is 27.8. The minimum absolute atomic E-state index is 0.256. The summed E-state index contributed by atoms with van der Waals surface area (Å²) in [7, 11) is -2.81. The Kier molecular flexibility index (Phi) is 9.28. The van der Waals surface area contributed by atoms with Crippen LogP contribution in [0, 0.1) is 0 Å². The highest BCUT2D eigenvalue weighted by Crippen LogP contribution is 2.41. The van der Waals surface area contributed by atoms with E-state index in [1.54, 1.807) is 54.6 Å². The fourth-order valence-corrected chi connectivity index (χ4v) is 4.86. The van der Waals surface area contributed by atoms with Gasteiger partial charge in [-0.25, -0.2) is 9.36 Å². The number of esters is 1. The van der Waals surface area contributed by atoms with E-state index in [0.717, 1.165) is 16.7 Å². The van der Waals surface area contributed by atoms with Gasteiger partial charge in [-0.1, -0.05) is 72.8 Å². The Morgan fingerprint density at radius 3 is 2.03 bits per heavy atom. The summed E-state index contributed by atoms with van der Waals surface area (Å²) in [4.78, 5) is 35.4. The molecule has 0 aromatic heterocycles. The van der Waals surface area contributed by atoms with Crippen LogP contribution in [0.5, 0.6) is 5.75 Å². The number of methoxy groups -OCH3 is 1. The predicted molar refractivity (Wildman–Crippen MR) is 151 cm³/mol. The third-order valence-electron chi connectivity index (χ3n) is 5.92. The van der Waals surface area contributed by atoms with Crippen molar-refractivity contribution >= 4 is 25.2 Å². The SMILES string of the molecule is COC(=O)c1ccc(NC(=O)[C@H](Cc2ccc(-c3ccccc3)cc2)NCP(=O)(O)Oc2ccccc2)cc1. The molecule has 0 fully saturated rings. The van der Waals surface area contributed by atoms with Crippen LogP contribution in [-0.2, 0) is 20.5 Å². The summed E-state index contributed by atoms with van der Waals surface area (Å²) in [6.07, 6.45) is -0.185. The number of para-hydroxylation sites is 1. The van der Waals surface area contributed by atoms with Crippen molar-refractivity contribution in [3.63, 3.8) is 0 Å². The predicted octanol–water partition coefficient (Wildman–Crippen LogP) is 5.50. The highest BCUT2D eigenvalue weighted by molar-refractivity contribution is 7.53. The van der Waals surface area contributed by atoms with E-state index >= 15 is 0 Å². The number of hydrogen-bond acceptors (Lipinski definition) is 6. The summed E-state index contributed by atoms with van der Waals surface area (Å²) >= 11 is 0. The molecule has 3 N–H and O–H groups in total. The van der Waals surface area contributed by atoms with Crippen molar-refractivity contribution in [2.75, 3.05) is 18.7 Å². The number of amides is 1. The molecule has 1 amide bonds. The summed E-state index contributed by atoms with van der Waals surface area (Å²) in [6.45, 7) is 0. The Morgan fingerprint density at radius 2 is 1.41 bits per heavy atom. The summed E-state index contributed by atoms with van der Waals surface area (Å²) < 4.78 is 22.7. The Labute approximate surface area is 227 Å². The fourth-order valence-electron chi connectivity index (χ4n) is 3.90. The van der Waals surface area contributed by atoms with Crippen molar-refractivity contribution in [3.05, 3.63) is 120 Å².